The van der Waals surface area contributed by atoms with E-state index in [1.54, 1.807) is 14.1 Å². The molecule has 0 bridgehead atoms. The van der Waals surface area contributed by atoms with Gasteiger partial charge in [0.05, 0.1) is 0 Å². The second-order valence-corrected chi connectivity index (χ2v) is 3.78. The van der Waals surface area contributed by atoms with Crippen molar-refractivity contribution in [1.29, 1.82) is 0 Å². The van der Waals surface area contributed by atoms with E-state index in [4.69, 9.17) is 18.8 Å². The second kappa shape index (κ2) is 16.3. The minimum absolute atomic E-state index is 0.472. The van der Waals surface area contributed by atoms with Gasteiger partial charge in [-0.3, -0.25) is 0 Å². The van der Waals surface area contributed by atoms with Crippen LogP contribution in [0.25, 0.3) is 5.32 Å². The van der Waals surface area contributed by atoms with Crippen molar-refractivity contribution in [2.75, 3.05) is 14.1 Å². The van der Waals surface area contributed by atoms with Gasteiger partial charge in [-0.2, -0.15) is 14.1 Å². The van der Waals surface area contributed by atoms with Gasteiger partial charge in [-0.05, 0) is 0 Å². The quantitative estimate of drug-likeness (QED) is 0.650. The molecule has 0 amide bonds. The van der Waals surface area contributed by atoms with Gasteiger partial charge in [-0.1, -0.05) is 0 Å². The van der Waals surface area contributed by atoms with E-state index in [0.29, 0.717) is 0 Å². The summed E-state index contributed by atoms with van der Waals surface area (Å²) in [6.07, 6.45) is 0. The van der Waals surface area contributed by atoms with Crippen molar-refractivity contribution in [3.05, 3.63) is 5.32 Å². The monoisotopic (exact) mass is 309 g/mol. The topological polar surface area (TPSA) is 14.1 Å². The Labute approximate surface area is 54.8 Å². The molecule has 0 aromatic carbocycles. The first kappa shape index (κ1) is 10.3. The van der Waals surface area contributed by atoms with Gasteiger partial charge >= 0.3 is 35.3 Å². The molecule has 0 rings (SSSR count). The summed E-state index contributed by atoms with van der Waals surface area (Å²) >= 11 is -0.472. The third-order valence-corrected chi connectivity index (χ3v) is 0. The predicted molar refractivity (Wildman–Crippen MR) is 26.9 cm³/mol. The van der Waals surface area contributed by atoms with Crippen LogP contribution in [0.5, 0.6) is 0 Å². The molecule has 0 heterocycles. The number of rotatable bonds is 0. The summed E-state index contributed by atoms with van der Waals surface area (Å²) in [5.41, 5.74) is 0. The molecule has 0 saturated heterocycles. The Morgan fingerprint density at radius 3 is 1.33 bits per heavy atom. The number of hydrogen-bond acceptors (Lipinski definition) is 0. The van der Waals surface area contributed by atoms with E-state index < -0.39 is 16.5 Å². The van der Waals surface area contributed by atoms with E-state index in [-0.39, 0.29) is 0 Å². The van der Waals surface area contributed by atoms with Crippen molar-refractivity contribution >= 4 is 18.8 Å². The molecule has 0 N–H and O–H groups in total. The summed E-state index contributed by atoms with van der Waals surface area (Å²) in [6.45, 7) is 0. The molecule has 6 heavy (non-hydrogen) atoms. The van der Waals surface area contributed by atoms with E-state index in [0.717, 1.165) is 0 Å². The van der Waals surface area contributed by atoms with Gasteiger partial charge in [-0.15, -0.1) is 0 Å². The average molecular weight is 310 g/mol. The third kappa shape index (κ3) is 62.0. The van der Waals surface area contributed by atoms with Crippen LogP contribution in [0, 0.1) is 0 Å². The Morgan fingerprint density at radius 1 is 1.33 bits per heavy atom. The molecule has 42 valence electrons. The van der Waals surface area contributed by atoms with E-state index in [1.807, 2.05) is 0 Å². The van der Waals surface area contributed by atoms with Crippen LogP contribution in [0.3, 0.4) is 0 Å². The van der Waals surface area contributed by atoms with Gasteiger partial charge in [0, 0.05) is 0 Å². The van der Waals surface area contributed by atoms with Crippen LogP contribution in [0.2, 0.25) is 0 Å². The van der Waals surface area contributed by atoms with Crippen molar-refractivity contribution in [1.82, 2.24) is 0 Å². The minimum atomic E-state index is -0.472. The maximum absolute atomic E-state index is 4.88. The maximum atomic E-state index is 4.88. The number of hydrogen-bond donors (Lipinski definition) is 0. The van der Waals surface area contributed by atoms with Gasteiger partial charge in [0.2, 0.25) is 0 Å². The van der Waals surface area contributed by atoms with Crippen LogP contribution < -0.4 is 0 Å². The van der Waals surface area contributed by atoms with Gasteiger partial charge in [0.15, 0.2) is 0 Å². The van der Waals surface area contributed by atoms with E-state index in [1.165, 1.54) is 0 Å². The molecule has 0 aromatic rings. The number of nitrogens with zero attached hydrogens (tertiary/aromatic N) is 1. The molecule has 0 spiro atoms. The van der Waals surface area contributed by atoms with Crippen LogP contribution in [0.4, 0.5) is 0 Å². The van der Waals surface area contributed by atoms with Crippen LogP contribution in [0.15, 0.2) is 0 Å². The van der Waals surface area contributed by atoms with Crippen LogP contribution in [0.1, 0.15) is 0 Å². The van der Waals surface area contributed by atoms with Crippen molar-refractivity contribution in [2.45, 2.75) is 0 Å². The van der Waals surface area contributed by atoms with Crippen molar-refractivity contribution in [3.63, 3.8) is 0 Å². The van der Waals surface area contributed by atoms with E-state index >= 15 is 0 Å². The first-order chi connectivity index (χ1) is 2.83. The third-order valence-electron chi connectivity index (χ3n) is 0. The Morgan fingerprint density at radius 2 is 1.33 bits per heavy atom. The van der Waals surface area contributed by atoms with E-state index in [9.17, 15) is 0 Å². The summed E-state index contributed by atoms with van der Waals surface area (Å²) in [7, 11) is 13.2. The van der Waals surface area contributed by atoms with Crippen molar-refractivity contribution < 1.29 is 16.5 Å². The summed E-state index contributed by atoms with van der Waals surface area (Å²) in [4.78, 5) is 0. The zero-order valence-electron chi connectivity index (χ0n) is 3.52. The Balaban J connectivity index is 0. The second-order valence-electron chi connectivity index (χ2n) is 0.492. The molecule has 1 nitrogen and oxygen atoms in total. The zero-order valence-corrected chi connectivity index (χ0v) is 7.30. The van der Waals surface area contributed by atoms with Crippen molar-refractivity contribution in [2.24, 2.45) is 0 Å². The molecule has 0 radical (unpaired) electrons. The predicted octanol–water partition coefficient (Wildman–Crippen LogP) is 2.00. The fourth-order valence-corrected chi connectivity index (χ4v) is 0. The Kier molecular flexibility index (Phi) is 27.9. The molecule has 0 aliphatic heterocycles. The number of halogens is 2. The molecule has 0 aliphatic rings. The zero-order chi connectivity index (χ0) is 5.41. The fourth-order valence-electron chi connectivity index (χ4n) is 0. The van der Waals surface area contributed by atoms with Gasteiger partial charge in [0.1, 0.15) is 0 Å². The van der Waals surface area contributed by atoms with Gasteiger partial charge in [0.25, 0.3) is 0 Å². The first-order valence-electron chi connectivity index (χ1n) is 1.13. The molecule has 0 saturated carbocycles. The average Bonchev–Trinajstić information content (AvgIpc) is 1.39. The summed E-state index contributed by atoms with van der Waals surface area (Å²) in [5.74, 6) is 0. The normalized spacial score (nSPS) is 6.67. The molecule has 0 fully saturated rings. The molecule has 0 aromatic heterocycles. The summed E-state index contributed by atoms with van der Waals surface area (Å²) in [5, 5.41) is 3.50. The molecule has 0 aliphatic carbocycles. The molecule has 0 unspecified atom stereocenters. The van der Waals surface area contributed by atoms with Gasteiger partial charge < -0.3 is 5.32 Å². The van der Waals surface area contributed by atoms with Crippen LogP contribution >= 0.6 is 18.8 Å². The SMILES string of the molecule is C[N-]C.[Cl][Pt+2][Cl]. The Hall–Kier alpha value is 1.23. The fraction of sp³-hybridized carbons (Fsp3) is 1.00. The van der Waals surface area contributed by atoms with Crippen LogP contribution in [-0.2, 0) is 16.5 Å². The van der Waals surface area contributed by atoms with Crippen LogP contribution in [-0.4, -0.2) is 14.1 Å². The molecule has 0 atom stereocenters. The molecular formula is C2H6Cl2NPt+. The standard InChI is InChI=1S/C2H6N.2ClH.Pt/c1-3-2;;;/h1-2H3;2*1H;/q-1;;;+4/p-2. The summed E-state index contributed by atoms with van der Waals surface area (Å²) in [6, 6.07) is 0. The molecule has 4 heteroatoms. The van der Waals surface area contributed by atoms with E-state index in [2.05, 4.69) is 5.32 Å². The first-order valence-corrected chi connectivity index (χ1v) is 6.76. The summed E-state index contributed by atoms with van der Waals surface area (Å²) < 4.78 is 0. The molecular weight excluding hydrogens is 304 g/mol. The van der Waals surface area contributed by atoms with Crippen molar-refractivity contribution in [3.8, 4) is 0 Å². The Bertz CT molecular complexity index is 13.5. The van der Waals surface area contributed by atoms with Gasteiger partial charge in [-0.25, -0.2) is 0 Å².